The quantitative estimate of drug-likeness (QED) is 0.702. The fourth-order valence-electron chi connectivity index (χ4n) is 3.76. The van der Waals surface area contributed by atoms with Crippen LogP contribution in [0.4, 0.5) is 13.2 Å². The molecular weight excluding hydrogens is 409 g/mol. The zero-order valence-electron chi connectivity index (χ0n) is 15.4. The molecule has 2 aromatic heterocycles. The highest BCUT2D eigenvalue weighted by Gasteiger charge is 2.35. The number of hydrogen-bond donors (Lipinski definition) is 0. The van der Waals surface area contributed by atoms with Gasteiger partial charge in [0.2, 0.25) is 0 Å². The summed E-state index contributed by atoms with van der Waals surface area (Å²) >= 11 is 2.88. The normalized spacial score (nSPS) is 22.9. The largest absolute Gasteiger partial charge is 0.433 e. The van der Waals surface area contributed by atoms with E-state index in [0.717, 1.165) is 54.8 Å². The van der Waals surface area contributed by atoms with E-state index in [0.29, 0.717) is 22.4 Å². The van der Waals surface area contributed by atoms with Crippen molar-refractivity contribution in [2.45, 2.75) is 44.5 Å². The molecule has 2 aromatic rings. The second-order valence-corrected chi connectivity index (χ2v) is 9.36. The third-order valence-corrected chi connectivity index (χ3v) is 7.65. The molecule has 0 spiro atoms. The van der Waals surface area contributed by atoms with E-state index < -0.39 is 11.9 Å². The lowest BCUT2D eigenvalue weighted by Gasteiger charge is -2.30. The Bertz CT molecular complexity index is 872. The van der Waals surface area contributed by atoms with Gasteiger partial charge in [0.25, 0.3) is 5.91 Å². The maximum atomic E-state index is 13.4. The number of fused-ring (bicyclic) bond motifs is 1. The Balaban J connectivity index is 1.67. The average molecular weight is 431 g/mol. The van der Waals surface area contributed by atoms with Gasteiger partial charge in [-0.3, -0.25) is 4.79 Å². The van der Waals surface area contributed by atoms with Crippen molar-refractivity contribution in [3.8, 4) is 0 Å². The lowest BCUT2D eigenvalue weighted by atomic mass is 10.1. The number of rotatable bonds is 4. The summed E-state index contributed by atoms with van der Waals surface area (Å²) in [6.07, 6.45) is -1.59. The van der Waals surface area contributed by atoms with Crippen molar-refractivity contribution in [3.63, 3.8) is 0 Å². The number of aryl methyl sites for hydroxylation is 1. The molecule has 2 saturated heterocycles. The summed E-state index contributed by atoms with van der Waals surface area (Å²) in [5, 5.41) is 0.610. The molecular formula is C19H21F3N2O2S2. The van der Waals surface area contributed by atoms with E-state index in [-0.39, 0.29) is 22.9 Å². The monoisotopic (exact) mass is 430 g/mol. The van der Waals surface area contributed by atoms with E-state index in [1.54, 1.807) is 6.92 Å². The van der Waals surface area contributed by atoms with Crippen LogP contribution in [0, 0.1) is 6.92 Å². The number of aromatic nitrogens is 1. The third kappa shape index (κ3) is 3.89. The fraction of sp³-hybridized carbons (Fsp3) is 0.579. The van der Waals surface area contributed by atoms with Crippen LogP contribution >= 0.6 is 23.1 Å². The number of alkyl halides is 3. The van der Waals surface area contributed by atoms with Gasteiger partial charge in [-0.25, -0.2) is 4.98 Å². The van der Waals surface area contributed by atoms with Crippen molar-refractivity contribution < 1.29 is 22.7 Å². The van der Waals surface area contributed by atoms with Crippen LogP contribution in [0.2, 0.25) is 0 Å². The Hall–Kier alpha value is -1.32. The Morgan fingerprint density at radius 1 is 1.36 bits per heavy atom. The van der Waals surface area contributed by atoms with Crippen LogP contribution in [0.25, 0.3) is 10.2 Å². The molecule has 2 aliphatic heterocycles. The predicted octanol–water partition coefficient (Wildman–Crippen LogP) is 4.75. The minimum atomic E-state index is -4.50. The van der Waals surface area contributed by atoms with Gasteiger partial charge in [0.15, 0.2) is 0 Å². The zero-order chi connectivity index (χ0) is 19.9. The van der Waals surface area contributed by atoms with Crippen molar-refractivity contribution in [2.24, 2.45) is 0 Å². The fourth-order valence-corrected chi connectivity index (χ4v) is 6.13. The van der Waals surface area contributed by atoms with Gasteiger partial charge in [0.05, 0.1) is 11.0 Å². The number of pyridine rings is 1. The summed E-state index contributed by atoms with van der Waals surface area (Å²) in [5.41, 5.74) is -0.224. The maximum Gasteiger partial charge on any atom is 0.433 e. The van der Waals surface area contributed by atoms with E-state index >= 15 is 0 Å². The molecule has 152 valence electrons. The minimum Gasteiger partial charge on any atom is -0.376 e. The lowest BCUT2D eigenvalue weighted by molar-refractivity contribution is -0.140. The number of thioether (sulfide) groups is 1. The first-order chi connectivity index (χ1) is 13.3. The molecule has 0 radical (unpaired) electrons. The lowest BCUT2D eigenvalue weighted by Crippen LogP contribution is -2.44. The van der Waals surface area contributed by atoms with Crippen LogP contribution < -0.4 is 0 Å². The van der Waals surface area contributed by atoms with Crippen LogP contribution in [0.1, 0.15) is 40.2 Å². The van der Waals surface area contributed by atoms with E-state index in [9.17, 15) is 18.0 Å². The van der Waals surface area contributed by atoms with Gasteiger partial charge in [0, 0.05) is 30.3 Å². The first kappa shape index (κ1) is 20.0. The Morgan fingerprint density at radius 3 is 2.82 bits per heavy atom. The Labute approximate surface area is 169 Å². The van der Waals surface area contributed by atoms with Crippen LogP contribution in [0.3, 0.4) is 0 Å². The molecule has 0 bridgehead atoms. The number of amides is 1. The molecule has 1 amide bonds. The van der Waals surface area contributed by atoms with Gasteiger partial charge in [-0.15, -0.1) is 11.3 Å². The summed E-state index contributed by atoms with van der Waals surface area (Å²) in [7, 11) is 0. The van der Waals surface area contributed by atoms with Gasteiger partial charge < -0.3 is 9.64 Å². The molecule has 2 unspecified atom stereocenters. The van der Waals surface area contributed by atoms with Crippen LogP contribution in [-0.4, -0.2) is 52.6 Å². The van der Waals surface area contributed by atoms with Crippen molar-refractivity contribution >= 4 is 39.2 Å². The van der Waals surface area contributed by atoms with Gasteiger partial charge in [0.1, 0.15) is 10.5 Å². The molecule has 2 aliphatic rings. The van der Waals surface area contributed by atoms with Crippen LogP contribution in [0.15, 0.2) is 12.1 Å². The number of carbonyl (C=O) groups excluding carboxylic acids is 1. The first-order valence-electron chi connectivity index (χ1n) is 9.32. The van der Waals surface area contributed by atoms with Gasteiger partial charge >= 0.3 is 6.18 Å². The van der Waals surface area contributed by atoms with Crippen molar-refractivity contribution in [2.75, 3.05) is 24.7 Å². The molecule has 0 saturated carbocycles. The smallest absolute Gasteiger partial charge is 0.376 e. The number of nitrogens with zero attached hydrogens (tertiary/aromatic N) is 2. The number of thiophene rings is 1. The maximum absolute atomic E-state index is 13.4. The summed E-state index contributed by atoms with van der Waals surface area (Å²) in [4.78, 5) is 19.8. The zero-order valence-corrected chi connectivity index (χ0v) is 17.1. The summed E-state index contributed by atoms with van der Waals surface area (Å²) < 4.78 is 44.7. The molecule has 0 N–H and O–H groups in total. The van der Waals surface area contributed by atoms with Crippen molar-refractivity contribution in [1.29, 1.82) is 0 Å². The minimum absolute atomic E-state index is 0.0409. The van der Waals surface area contributed by atoms with E-state index in [2.05, 4.69) is 4.98 Å². The van der Waals surface area contributed by atoms with Gasteiger partial charge in [-0.1, -0.05) is 0 Å². The molecule has 4 nitrogen and oxygen atoms in total. The van der Waals surface area contributed by atoms with Crippen molar-refractivity contribution in [1.82, 2.24) is 9.88 Å². The topological polar surface area (TPSA) is 42.4 Å². The molecule has 9 heteroatoms. The van der Waals surface area contributed by atoms with Gasteiger partial charge in [-0.2, -0.15) is 24.9 Å². The number of carbonyl (C=O) groups is 1. The van der Waals surface area contributed by atoms with E-state index in [1.807, 2.05) is 16.7 Å². The molecule has 2 atom stereocenters. The summed E-state index contributed by atoms with van der Waals surface area (Å²) in [5.74, 6) is 1.79. The van der Waals surface area contributed by atoms with Crippen LogP contribution in [0.5, 0.6) is 0 Å². The van der Waals surface area contributed by atoms with Crippen LogP contribution in [-0.2, 0) is 10.9 Å². The highest BCUT2D eigenvalue weighted by atomic mass is 32.2. The van der Waals surface area contributed by atoms with E-state index in [1.165, 1.54) is 6.07 Å². The van der Waals surface area contributed by atoms with Crippen molar-refractivity contribution in [3.05, 3.63) is 28.3 Å². The highest BCUT2D eigenvalue weighted by Crippen LogP contribution is 2.36. The second kappa shape index (κ2) is 7.84. The SMILES string of the molecule is Cc1c(C(=O)N(CC2CCCO2)C2CCSC2)sc2nc(C(F)(F)F)ccc12. The highest BCUT2D eigenvalue weighted by molar-refractivity contribution is 7.99. The molecule has 2 fully saturated rings. The standard InChI is InChI=1S/C19H21F3N2O2S2/c1-11-14-4-5-15(19(20,21)22)23-17(14)28-16(11)18(25)24(12-6-8-27-10-12)9-13-3-2-7-26-13/h4-5,12-13H,2-3,6-10H2,1H3. The Morgan fingerprint density at radius 2 is 2.18 bits per heavy atom. The first-order valence-corrected chi connectivity index (χ1v) is 11.3. The molecule has 4 heterocycles. The number of halogens is 3. The third-order valence-electron chi connectivity index (χ3n) is 5.32. The number of hydrogen-bond acceptors (Lipinski definition) is 5. The molecule has 0 aliphatic carbocycles. The second-order valence-electron chi connectivity index (χ2n) is 7.21. The molecule has 4 rings (SSSR count). The molecule has 28 heavy (non-hydrogen) atoms. The molecule has 0 aromatic carbocycles. The predicted molar refractivity (Wildman–Crippen MR) is 105 cm³/mol. The van der Waals surface area contributed by atoms with E-state index in [4.69, 9.17) is 4.74 Å². The number of ether oxygens (including phenoxy) is 1. The summed E-state index contributed by atoms with van der Waals surface area (Å²) in [6.45, 7) is 3.05. The summed E-state index contributed by atoms with van der Waals surface area (Å²) in [6, 6.07) is 2.54. The van der Waals surface area contributed by atoms with Gasteiger partial charge in [-0.05, 0) is 49.6 Å². The average Bonchev–Trinajstić information content (AvgIpc) is 3.40. The Kier molecular flexibility index (Phi) is 5.59.